The third-order valence-electron chi connectivity index (χ3n) is 10.1. The van der Waals surface area contributed by atoms with E-state index >= 15 is 0 Å². The Morgan fingerprint density at radius 2 is 0.825 bits per heavy atom. The van der Waals surface area contributed by atoms with Crippen LogP contribution in [0.4, 0.5) is 0 Å². The Hall–Kier alpha value is -5.89. The molecular formula is C44H62N8O10S. The van der Waals surface area contributed by atoms with Crippen molar-refractivity contribution in [2.75, 3.05) is 25.1 Å². The highest BCUT2D eigenvalue weighted by Gasteiger charge is 2.33. The van der Waals surface area contributed by atoms with Crippen molar-refractivity contribution in [2.24, 2.45) is 17.2 Å². The number of nitrogens with two attached hydrogens (primary N) is 3. The molecule has 18 nitrogen and oxygen atoms in total. The van der Waals surface area contributed by atoms with Crippen molar-refractivity contribution in [2.45, 2.75) is 100 Å². The van der Waals surface area contributed by atoms with Gasteiger partial charge in [0, 0.05) is 19.3 Å². The minimum atomic E-state index is -1.41. The standard InChI is InChI=1S/C44H62N8O10S/c1-63-23-20-35(44(61)62)49-41(58)36(24-27-8-14-30(53)15-9-27)51-43(60)38(26-29-12-18-32(55)19-13-29)52-42(59)37(25-28-10-16-31(54)17-11-28)50-40(57)34(7-3-5-22-46)48-39(56)33(47)6-2-4-21-45/h8-19,33-38,53-55H,2-7,20-26,45-47H2,1H3,(H,48,56)(H,49,58)(H,50,57)(H,51,60)(H,52,59)(H,61,62)/t33-,34-,35-,36-,37-,38-/m0/s1. The lowest BCUT2D eigenvalue weighted by Crippen LogP contribution is -2.60. The fraction of sp³-hybridized carbons (Fsp3) is 0.455. The second-order valence-corrected chi connectivity index (χ2v) is 16.2. The Labute approximate surface area is 371 Å². The summed E-state index contributed by atoms with van der Waals surface area (Å²) in [4.78, 5) is 81.9. The number of aliphatic carboxylic acids is 1. The number of phenols is 3. The van der Waals surface area contributed by atoms with Gasteiger partial charge in [-0.1, -0.05) is 42.8 Å². The van der Waals surface area contributed by atoms with E-state index in [4.69, 9.17) is 17.2 Å². The maximum atomic E-state index is 14.4. The summed E-state index contributed by atoms with van der Waals surface area (Å²) in [5, 5.41) is 53.0. The molecule has 0 aliphatic carbocycles. The molecule has 0 fully saturated rings. The van der Waals surface area contributed by atoms with E-state index in [2.05, 4.69) is 26.6 Å². The molecule has 0 bridgehead atoms. The molecule has 6 atom stereocenters. The van der Waals surface area contributed by atoms with Crippen LogP contribution < -0.4 is 43.8 Å². The van der Waals surface area contributed by atoms with Crippen molar-refractivity contribution in [1.82, 2.24) is 26.6 Å². The summed E-state index contributed by atoms with van der Waals surface area (Å²) in [6.45, 7) is 0.773. The van der Waals surface area contributed by atoms with Gasteiger partial charge in [0.1, 0.15) is 47.5 Å². The van der Waals surface area contributed by atoms with Gasteiger partial charge in [0.2, 0.25) is 29.5 Å². The van der Waals surface area contributed by atoms with Crippen LogP contribution in [0.15, 0.2) is 72.8 Å². The Kier molecular flexibility index (Phi) is 22.2. The highest BCUT2D eigenvalue weighted by atomic mass is 32.2. The van der Waals surface area contributed by atoms with E-state index in [0.717, 1.165) is 0 Å². The normalized spacial score (nSPS) is 13.9. The number of carboxylic acids is 1. The van der Waals surface area contributed by atoms with Crippen molar-refractivity contribution >= 4 is 47.3 Å². The molecule has 3 rings (SSSR count). The van der Waals surface area contributed by atoms with Crippen LogP contribution in [0.5, 0.6) is 17.2 Å². The van der Waals surface area contributed by atoms with E-state index in [1.54, 1.807) is 18.4 Å². The van der Waals surface area contributed by atoms with Gasteiger partial charge in [-0.15, -0.1) is 0 Å². The summed E-state index contributed by atoms with van der Waals surface area (Å²) in [6, 6.07) is 10.2. The van der Waals surface area contributed by atoms with Crippen molar-refractivity contribution in [3.8, 4) is 17.2 Å². The van der Waals surface area contributed by atoms with Gasteiger partial charge < -0.3 is 64.2 Å². The van der Waals surface area contributed by atoms with Crippen LogP contribution in [-0.2, 0) is 48.0 Å². The van der Waals surface area contributed by atoms with Crippen LogP contribution >= 0.6 is 11.8 Å². The minimum Gasteiger partial charge on any atom is -0.508 e. The highest BCUT2D eigenvalue weighted by molar-refractivity contribution is 7.98. The number of benzene rings is 3. The Bertz CT molecular complexity index is 1920. The molecule has 5 amide bonds. The molecule has 0 aliphatic rings. The molecule has 0 aromatic heterocycles. The summed E-state index contributed by atoms with van der Waals surface area (Å²) >= 11 is 1.39. The number of nitrogens with one attached hydrogen (secondary N) is 5. The average Bonchev–Trinajstić information content (AvgIpc) is 3.25. The first-order chi connectivity index (χ1) is 30.1. The smallest absolute Gasteiger partial charge is 0.326 e. The Morgan fingerprint density at radius 3 is 1.17 bits per heavy atom. The minimum absolute atomic E-state index is 0.0373. The van der Waals surface area contributed by atoms with E-state index in [1.807, 2.05) is 0 Å². The SMILES string of the molecule is CSCC[C@H](NC(=O)[C@H](Cc1ccc(O)cc1)NC(=O)[C@H](Cc1ccc(O)cc1)NC(=O)[C@H](Cc1ccc(O)cc1)NC(=O)[C@H](CCCCN)NC(=O)[C@@H](N)CCCCN)C(=O)O. The van der Waals surface area contributed by atoms with Gasteiger partial charge >= 0.3 is 5.97 Å². The number of unbranched alkanes of at least 4 members (excludes halogenated alkanes) is 2. The van der Waals surface area contributed by atoms with E-state index < -0.39 is 71.8 Å². The van der Waals surface area contributed by atoms with Crippen LogP contribution in [-0.4, -0.2) is 117 Å². The molecule has 0 radical (unpaired) electrons. The predicted octanol–water partition coefficient (Wildman–Crippen LogP) is 0.678. The third kappa shape index (κ3) is 18.5. The zero-order chi connectivity index (χ0) is 46.3. The third-order valence-corrected chi connectivity index (χ3v) is 10.8. The lowest BCUT2D eigenvalue weighted by atomic mass is 10.00. The van der Waals surface area contributed by atoms with Crippen molar-refractivity contribution in [3.63, 3.8) is 0 Å². The summed E-state index contributed by atoms with van der Waals surface area (Å²) in [5.41, 5.74) is 19.0. The molecule has 15 N–H and O–H groups in total. The number of aromatic hydroxyl groups is 3. The molecule has 19 heteroatoms. The maximum Gasteiger partial charge on any atom is 0.326 e. The molecule has 0 aliphatic heterocycles. The number of thioether (sulfide) groups is 1. The predicted molar refractivity (Wildman–Crippen MR) is 240 cm³/mol. The Morgan fingerprint density at radius 1 is 0.492 bits per heavy atom. The number of hydrogen-bond acceptors (Lipinski definition) is 13. The molecule has 0 saturated carbocycles. The van der Waals surface area contributed by atoms with Crippen LogP contribution in [0.2, 0.25) is 0 Å². The molecule has 0 saturated heterocycles. The lowest BCUT2D eigenvalue weighted by molar-refractivity contribution is -0.142. The number of phenolic OH excluding ortho intramolecular Hbond substituents is 3. The van der Waals surface area contributed by atoms with Crippen LogP contribution in [0, 0.1) is 0 Å². The van der Waals surface area contributed by atoms with Crippen LogP contribution in [0.1, 0.15) is 61.6 Å². The first kappa shape index (κ1) is 51.5. The van der Waals surface area contributed by atoms with Gasteiger partial charge in [-0.05, 0) is 117 Å². The monoisotopic (exact) mass is 894 g/mol. The summed E-state index contributed by atoms with van der Waals surface area (Å²) < 4.78 is 0. The number of hydrogen-bond donors (Lipinski definition) is 12. The largest absolute Gasteiger partial charge is 0.508 e. The molecule has 63 heavy (non-hydrogen) atoms. The zero-order valence-electron chi connectivity index (χ0n) is 35.5. The Balaban J connectivity index is 1.99. The topological polar surface area (TPSA) is 322 Å². The second kappa shape index (κ2) is 27.2. The van der Waals surface area contributed by atoms with E-state index in [-0.39, 0.29) is 49.4 Å². The highest BCUT2D eigenvalue weighted by Crippen LogP contribution is 2.16. The second-order valence-electron chi connectivity index (χ2n) is 15.2. The van der Waals surface area contributed by atoms with Gasteiger partial charge in [-0.2, -0.15) is 11.8 Å². The zero-order valence-corrected chi connectivity index (χ0v) is 36.3. The molecule has 3 aromatic carbocycles. The summed E-state index contributed by atoms with van der Waals surface area (Å²) in [6.07, 6.45) is 4.29. The molecule has 0 spiro atoms. The molecule has 344 valence electrons. The first-order valence-corrected chi connectivity index (χ1v) is 22.3. The van der Waals surface area contributed by atoms with Gasteiger partial charge in [0.05, 0.1) is 6.04 Å². The lowest BCUT2D eigenvalue weighted by Gasteiger charge is -2.27. The first-order valence-electron chi connectivity index (χ1n) is 20.9. The van der Waals surface area contributed by atoms with E-state index in [1.165, 1.54) is 72.4 Å². The summed E-state index contributed by atoms with van der Waals surface area (Å²) in [5.74, 6) is -4.68. The molecule has 3 aromatic rings. The quantitative estimate of drug-likeness (QED) is 0.0447. The van der Waals surface area contributed by atoms with Gasteiger partial charge in [-0.3, -0.25) is 24.0 Å². The van der Waals surface area contributed by atoms with Gasteiger partial charge in [-0.25, -0.2) is 4.79 Å². The van der Waals surface area contributed by atoms with E-state index in [9.17, 15) is 49.2 Å². The number of amides is 5. The number of carbonyl (C=O) groups is 6. The van der Waals surface area contributed by atoms with Crippen LogP contribution in [0.25, 0.3) is 0 Å². The van der Waals surface area contributed by atoms with Crippen molar-refractivity contribution in [3.05, 3.63) is 89.5 Å². The van der Waals surface area contributed by atoms with Gasteiger partial charge in [0.15, 0.2) is 0 Å². The maximum absolute atomic E-state index is 14.4. The van der Waals surface area contributed by atoms with Gasteiger partial charge in [0.25, 0.3) is 0 Å². The molecule has 0 unspecified atom stereocenters. The van der Waals surface area contributed by atoms with Crippen LogP contribution in [0.3, 0.4) is 0 Å². The number of rotatable bonds is 28. The van der Waals surface area contributed by atoms with Crippen molar-refractivity contribution < 1.29 is 49.2 Å². The average molecular weight is 895 g/mol. The molecular weight excluding hydrogens is 833 g/mol. The fourth-order valence-corrected chi connectivity index (χ4v) is 6.96. The number of carboxylic acid groups (broad SMARTS) is 1. The summed E-state index contributed by atoms with van der Waals surface area (Å²) in [7, 11) is 0. The van der Waals surface area contributed by atoms with E-state index in [0.29, 0.717) is 67.6 Å². The fourth-order valence-electron chi connectivity index (χ4n) is 6.49. The number of carbonyl (C=O) groups excluding carboxylic acids is 5. The molecule has 0 heterocycles. The van der Waals surface area contributed by atoms with Crippen molar-refractivity contribution in [1.29, 1.82) is 0 Å².